The molecule has 0 fully saturated rings. The largest absolute Gasteiger partial charge is 0.399 e. The van der Waals surface area contributed by atoms with Crippen molar-refractivity contribution in [2.45, 2.75) is 25.2 Å². The van der Waals surface area contributed by atoms with Crippen LogP contribution in [-0.4, -0.2) is 4.98 Å². The first-order valence-electron chi connectivity index (χ1n) is 8.39. The van der Waals surface area contributed by atoms with Gasteiger partial charge >= 0.3 is 0 Å². The van der Waals surface area contributed by atoms with E-state index in [4.69, 9.17) is 11.5 Å². The number of hydrogen-bond donors (Lipinski definition) is 2. The Morgan fingerprint density at radius 1 is 1.04 bits per heavy atom. The lowest BCUT2D eigenvalue weighted by Gasteiger charge is -2.32. The van der Waals surface area contributed by atoms with Gasteiger partial charge < -0.3 is 11.5 Å². The van der Waals surface area contributed by atoms with Crippen molar-refractivity contribution >= 4 is 22.3 Å². The normalized spacial score (nSPS) is 19.8. The number of nitrogens with zero attached hydrogens (tertiary/aromatic N) is 1. The van der Waals surface area contributed by atoms with Crippen molar-refractivity contribution in [3.8, 4) is 0 Å². The molecular weight excluding hydrogens is 294 g/mol. The van der Waals surface area contributed by atoms with Gasteiger partial charge in [-0.2, -0.15) is 0 Å². The summed E-state index contributed by atoms with van der Waals surface area (Å²) in [6.45, 7) is 2.23. The number of nitrogens with two attached hydrogens (primary N) is 2. The van der Waals surface area contributed by atoms with Crippen LogP contribution in [0.2, 0.25) is 0 Å². The second kappa shape index (κ2) is 5.68. The van der Waals surface area contributed by atoms with Crippen LogP contribution in [0.1, 0.15) is 41.9 Å². The van der Waals surface area contributed by atoms with Crippen LogP contribution in [0.4, 0.5) is 5.69 Å². The van der Waals surface area contributed by atoms with E-state index in [0.29, 0.717) is 5.92 Å². The number of aromatic nitrogens is 1. The quantitative estimate of drug-likeness (QED) is 0.689. The highest BCUT2D eigenvalue weighted by atomic mass is 14.7. The molecule has 1 aliphatic rings. The second-order valence-electron chi connectivity index (χ2n) is 6.44. The molecule has 24 heavy (non-hydrogen) atoms. The highest BCUT2D eigenvalue weighted by Crippen LogP contribution is 2.46. The molecule has 3 heteroatoms. The summed E-state index contributed by atoms with van der Waals surface area (Å²) in [7, 11) is 0. The maximum atomic E-state index is 6.41. The lowest BCUT2D eigenvalue weighted by molar-refractivity contribution is 0.594. The fraction of sp³-hybridized carbons (Fsp3) is 0.190. The summed E-state index contributed by atoms with van der Waals surface area (Å²) >= 11 is 0. The van der Waals surface area contributed by atoms with E-state index in [1.807, 2.05) is 30.5 Å². The molecule has 3 aromatic rings. The maximum Gasteiger partial charge on any atom is 0.0706 e. The van der Waals surface area contributed by atoms with Crippen LogP contribution >= 0.6 is 0 Å². The number of fused-ring (bicyclic) bond motifs is 3. The summed E-state index contributed by atoms with van der Waals surface area (Å²) in [6, 6.07) is 16.5. The van der Waals surface area contributed by atoms with Crippen LogP contribution in [0.5, 0.6) is 0 Å². The van der Waals surface area contributed by atoms with Gasteiger partial charge in [-0.15, -0.1) is 0 Å². The Bertz CT molecular complexity index is 928. The summed E-state index contributed by atoms with van der Waals surface area (Å²) in [5.41, 5.74) is 18.6. The van der Waals surface area contributed by atoms with Gasteiger partial charge in [0.2, 0.25) is 0 Å². The molecule has 1 aromatic heterocycles. The monoisotopic (exact) mass is 315 g/mol. The first-order valence-corrected chi connectivity index (χ1v) is 8.39. The van der Waals surface area contributed by atoms with E-state index in [1.54, 1.807) is 0 Å². The molecular formula is C21H21N3. The van der Waals surface area contributed by atoms with Crippen LogP contribution in [0.15, 0.2) is 60.8 Å². The van der Waals surface area contributed by atoms with Crippen molar-refractivity contribution < 1.29 is 0 Å². The summed E-state index contributed by atoms with van der Waals surface area (Å²) in [6.07, 6.45) is 5.12. The molecule has 2 unspecified atom stereocenters. The number of rotatable bonds is 2. The zero-order chi connectivity index (χ0) is 16.7. The number of benzene rings is 2. The Labute approximate surface area is 142 Å². The fourth-order valence-electron chi connectivity index (χ4n) is 3.90. The van der Waals surface area contributed by atoms with Crippen LogP contribution in [0.3, 0.4) is 0 Å². The van der Waals surface area contributed by atoms with Crippen LogP contribution < -0.4 is 11.5 Å². The Hall–Kier alpha value is -2.81. The molecule has 1 heterocycles. The summed E-state index contributed by atoms with van der Waals surface area (Å²) < 4.78 is 0. The number of anilines is 1. The molecule has 2 aromatic carbocycles. The highest BCUT2D eigenvalue weighted by Gasteiger charge is 2.30. The van der Waals surface area contributed by atoms with Gasteiger partial charge in [-0.1, -0.05) is 43.3 Å². The number of allylic oxidation sites excluding steroid dienone is 1. The van der Waals surface area contributed by atoms with Crippen molar-refractivity contribution in [3.05, 3.63) is 77.5 Å². The maximum absolute atomic E-state index is 6.41. The summed E-state index contributed by atoms with van der Waals surface area (Å²) in [5, 5.41) is 1.12. The third kappa shape index (κ3) is 2.24. The Balaban J connectivity index is 1.99. The number of pyridine rings is 1. The molecule has 4 rings (SSSR count). The van der Waals surface area contributed by atoms with E-state index >= 15 is 0 Å². The molecule has 3 nitrogen and oxygen atoms in total. The summed E-state index contributed by atoms with van der Waals surface area (Å²) in [4.78, 5) is 4.58. The number of hydrogen-bond acceptors (Lipinski definition) is 3. The van der Waals surface area contributed by atoms with E-state index in [1.165, 1.54) is 11.1 Å². The van der Waals surface area contributed by atoms with Gasteiger partial charge in [0, 0.05) is 34.4 Å². The summed E-state index contributed by atoms with van der Waals surface area (Å²) in [5.74, 6) is 0.637. The second-order valence-corrected chi connectivity index (χ2v) is 6.44. The molecule has 0 saturated heterocycles. The van der Waals surface area contributed by atoms with Gasteiger partial charge in [-0.25, -0.2) is 0 Å². The smallest absolute Gasteiger partial charge is 0.0706 e. The van der Waals surface area contributed by atoms with Gasteiger partial charge in [0.15, 0.2) is 0 Å². The van der Waals surface area contributed by atoms with E-state index in [2.05, 4.69) is 42.2 Å². The van der Waals surface area contributed by atoms with Crippen LogP contribution in [0.25, 0.3) is 16.6 Å². The topological polar surface area (TPSA) is 64.9 Å². The van der Waals surface area contributed by atoms with Crippen molar-refractivity contribution in [1.82, 2.24) is 4.98 Å². The average molecular weight is 315 g/mol. The van der Waals surface area contributed by atoms with Crippen molar-refractivity contribution in [2.24, 2.45) is 5.73 Å². The lowest BCUT2D eigenvalue weighted by atomic mass is 9.73. The zero-order valence-corrected chi connectivity index (χ0v) is 13.7. The predicted octanol–water partition coefficient (Wildman–Crippen LogP) is 4.41. The van der Waals surface area contributed by atoms with Crippen molar-refractivity contribution in [3.63, 3.8) is 0 Å². The first-order chi connectivity index (χ1) is 11.7. The minimum atomic E-state index is 0.274. The molecule has 0 saturated carbocycles. The third-order valence-electron chi connectivity index (χ3n) is 5.03. The Kier molecular flexibility index (Phi) is 3.49. The van der Waals surface area contributed by atoms with E-state index < -0.39 is 0 Å². The highest BCUT2D eigenvalue weighted by molar-refractivity contribution is 5.90. The minimum absolute atomic E-state index is 0.274. The standard InChI is InChI=1S/C21H21N3/c1-2-15-16(13-6-4-3-5-7-13)11-19(23)18-12-24-20-9-8-14(22)10-17(20)21(15)18/h3-12,15-16H,2,22-23H2,1H3. The fourth-order valence-corrected chi connectivity index (χ4v) is 3.90. The minimum Gasteiger partial charge on any atom is -0.399 e. The first kappa shape index (κ1) is 14.8. The van der Waals surface area contributed by atoms with Crippen molar-refractivity contribution in [2.75, 3.05) is 5.73 Å². The Morgan fingerprint density at radius 2 is 1.83 bits per heavy atom. The third-order valence-corrected chi connectivity index (χ3v) is 5.03. The molecule has 0 spiro atoms. The van der Waals surface area contributed by atoms with Gasteiger partial charge in [0.1, 0.15) is 0 Å². The predicted molar refractivity (Wildman–Crippen MR) is 101 cm³/mol. The van der Waals surface area contributed by atoms with E-state index in [0.717, 1.165) is 34.3 Å². The van der Waals surface area contributed by atoms with Crippen molar-refractivity contribution in [1.29, 1.82) is 0 Å². The SMILES string of the molecule is CCC1c2c(cnc3ccc(N)cc23)C(N)=CC1c1ccccc1. The molecule has 4 N–H and O–H groups in total. The molecule has 1 aliphatic carbocycles. The van der Waals surface area contributed by atoms with Gasteiger partial charge in [0.05, 0.1) is 5.52 Å². The zero-order valence-electron chi connectivity index (χ0n) is 13.7. The average Bonchev–Trinajstić information content (AvgIpc) is 2.62. The number of nitrogen functional groups attached to an aromatic ring is 1. The molecule has 0 bridgehead atoms. The lowest BCUT2D eigenvalue weighted by Crippen LogP contribution is -2.19. The van der Waals surface area contributed by atoms with Crippen LogP contribution in [-0.2, 0) is 0 Å². The van der Waals surface area contributed by atoms with Gasteiger partial charge in [-0.05, 0) is 41.7 Å². The molecule has 2 atom stereocenters. The van der Waals surface area contributed by atoms with E-state index in [9.17, 15) is 0 Å². The van der Waals surface area contributed by atoms with Gasteiger partial charge in [0.25, 0.3) is 0 Å². The molecule has 0 aliphatic heterocycles. The Morgan fingerprint density at radius 3 is 2.58 bits per heavy atom. The molecule has 0 radical (unpaired) electrons. The van der Waals surface area contributed by atoms with Gasteiger partial charge in [-0.3, -0.25) is 4.98 Å². The molecule has 120 valence electrons. The molecule has 0 amide bonds. The van der Waals surface area contributed by atoms with Crippen LogP contribution in [0, 0.1) is 0 Å². The van der Waals surface area contributed by atoms with E-state index in [-0.39, 0.29) is 5.92 Å².